The van der Waals surface area contributed by atoms with Crippen molar-refractivity contribution in [3.63, 3.8) is 0 Å². The Balaban J connectivity index is 1.10. The zero-order valence-corrected chi connectivity index (χ0v) is 32.4. The van der Waals surface area contributed by atoms with E-state index in [-0.39, 0.29) is 0 Å². The third-order valence-corrected chi connectivity index (χ3v) is 13.3. The summed E-state index contributed by atoms with van der Waals surface area (Å²) in [6.45, 7) is 2.45. The Morgan fingerprint density at radius 1 is 0.441 bits per heavy atom. The van der Waals surface area contributed by atoms with Crippen molar-refractivity contribution in [2.24, 2.45) is 0 Å². The van der Waals surface area contributed by atoms with Crippen LogP contribution < -0.4 is 5.32 Å². The molecule has 0 fully saturated rings. The van der Waals surface area contributed by atoms with Gasteiger partial charge in [-0.1, -0.05) is 152 Å². The van der Waals surface area contributed by atoms with Gasteiger partial charge in [-0.15, -0.1) is 0 Å². The van der Waals surface area contributed by atoms with Gasteiger partial charge in [0.25, 0.3) is 0 Å². The van der Waals surface area contributed by atoms with Gasteiger partial charge in [0.2, 0.25) is 0 Å². The van der Waals surface area contributed by atoms with Crippen LogP contribution in [0.15, 0.2) is 200 Å². The molecule has 0 saturated carbocycles. The molecule has 0 bridgehead atoms. The maximum atomic E-state index is 4.06. The molecule has 3 heteroatoms. The largest absolute Gasteiger partial charge is 0.355 e. The quantitative estimate of drug-likeness (QED) is 0.186. The van der Waals surface area contributed by atoms with Crippen LogP contribution in [0.25, 0.3) is 88.4 Å². The molecule has 276 valence electrons. The minimum absolute atomic E-state index is 0.469. The summed E-state index contributed by atoms with van der Waals surface area (Å²) in [5.41, 5.74) is 20.5. The molecule has 0 spiro atoms. The van der Waals surface area contributed by atoms with E-state index in [0.29, 0.717) is 0 Å². The standard InChI is InChI=1S/C56H37N3/c1-56(37-26-24-36(25-27-37)35-14-4-2-5-15-35)46-32-30-45-42-20-10-13-23-50(42)59-49-22-12-9-19-41(49)44-31-33-47(54(56)52(44)53(46)55(45)59)57-38-28-29-43-40-18-8-11-21-48(40)58(51(43)34-38)39-16-6-3-7-17-39/h2-34,57H,1H3. The predicted molar refractivity (Wildman–Crippen MR) is 247 cm³/mol. The summed E-state index contributed by atoms with van der Waals surface area (Å²) in [4.78, 5) is 0. The van der Waals surface area contributed by atoms with Crippen molar-refractivity contribution in [2.75, 3.05) is 5.32 Å². The second-order valence-electron chi connectivity index (χ2n) is 16.3. The number of nitrogens with one attached hydrogen (secondary N) is 1. The van der Waals surface area contributed by atoms with E-state index >= 15 is 0 Å². The third-order valence-electron chi connectivity index (χ3n) is 13.3. The first-order valence-electron chi connectivity index (χ1n) is 20.5. The molecular formula is C56H37N3. The number of anilines is 2. The van der Waals surface area contributed by atoms with Gasteiger partial charge in [-0.25, -0.2) is 0 Å². The summed E-state index contributed by atoms with van der Waals surface area (Å²) < 4.78 is 4.93. The number of nitrogens with zero attached hydrogens (tertiary/aromatic N) is 2. The number of para-hydroxylation sites is 4. The molecule has 0 radical (unpaired) electrons. The lowest BCUT2D eigenvalue weighted by Crippen LogP contribution is -2.24. The van der Waals surface area contributed by atoms with Gasteiger partial charge in [-0.3, -0.25) is 0 Å². The molecule has 13 rings (SSSR count). The van der Waals surface area contributed by atoms with E-state index in [4.69, 9.17) is 0 Å². The molecule has 2 aliphatic rings. The molecule has 3 heterocycles. The highest BCUT2D eigenvalue weighted by Gasteiger charge is 2.46. The average Bonchev–Trinajstić information content (AvgIpc) is 3.88. The molecule has 0 amide bonds. The molecule has 59 heavy (non-hydrogen) atoms. The average molecular weight is 752 g/mol. The van der Waals surface area contributed by atoms with E-state index in [1.807, 2.05) is 0 Å². The van der Waals surface area contributed by atoms with Crippen LogP contribution in [0.2, 0.25) is 0 Å². The summed E-state index contributed by atoms with van der Waals surface area (Å²) in [6, 6.07) is 73.7. The Bertz CT molecular complexity index is 3520. The van der Waals surface area contributed by atoms with Crippen molar-refractivity contribution < 1.29 is 0 Å². The van der Waals surface area contributed by atoms with E-state index < -0.39 is 5.41 Å². The van der Waals surface area contributed by atoms with Gasteiger partial charge < -0.3 is 14.5 Å². The Morgan fingerprint density at radius 2 is 1.07 bits per heavy atom. The minimum atomic E-state index is -0.469. The summed E-state index contributed by atoms with van der Waals surface area (Å²) >= 11 is 0. The fourth-order valence-corrected chi connectivity index (χ4v) is 10.7. The maximum absolute atomic E-state index is 4.06. The Morgan fingerprint density at radius 3 is 1.86 bits per heavy atom. The molecule has 2 aromatic heterocycles. The molecular weight excluding hydrogens is 715 g/mol. The van der Waals surface area contributed by atoms with Crippen LogP contribution >= 0.6 is 0 Å². The molecule has 1 aliphatic heterocycles. The summed E-state index contributed by atoms with van der Waals surface area (Å²) in [5, 5.41) is 9.12. The smallest absolute Gasteiger partial charge is 0.0623 e. The third kappa shape index (κ3) is 4.36. The van der Waals surface area contributed by atoms with Crippen molar-refractivity contribution >= 4 is 55.0 Å². The van der Waals surface area contributed by atoms with Crippen molar-refractivity contribution in [1.82, 2.24) is 9.13 Å². The summed E-state index contributed by atoms with van der Waals surface area (Å²) in [6.07, 6.45) is 0. The highest BCUT2D eigenvalue weighted by Crippen LogP contribution is 2.62. The minimum Gasteiger partial charge on any atom is -0.355 e. The summed E-state index contributed by atoms with van der Waals surface area (Å²) in [7, 11) is 0. The van der Waals surface area contributed by atoms with E-state index in [1.54, 1.807) is 0 Å². The van der Waals surface area contributed by atoms with Gasteiger partial charge in [0.15, 0.2) is 0 Å². The fourth-order valence-electron chi connectivity index (χ4n) is 10.7. The normalized spacial score (nSPS) is 14.9. The lowest BCUT2D eigenvalue weighted by atomic mass is 9.73. The first-order chi connectivity index (χ1) is 29.2. The van der Waals surface area contributed by atoms with Gasteiger partial charge in [-0.05, 0) is 94.4 Å². The van der Waals surface area contributed by atoms with Gasteiger partial charge in [0.05, 0.1) is 27.8 Å². The zero-order chi connectivity index (χ0) is 38.8. The fraction of sp³-hybridized carbons (Fsp3) is 0.0357. The van der Waals surface area contributed by atoms with Crippen LogP contribution in [0.5, 0.6) is 0 Å². The van der Waals surface area contributed by atoms with Gasteiger partial charge in [0, 0.05) is 55.1 Å². The van der Waals surface area contributed by atoms with Crippen molar-refractivity contribution in [3.8, 4) is 44.8 Å². The predicted octanol–water partition coefficient (Wildman–Crippen LogP) is 14.6. The Labute approximate surface area is 342 Å². The lowest BCUT2D eigenvalue weighted by molar-refractivity contribution is 0.716. The molecule has 1 atom stereocenters. The zero-order valence-electron chi connectivity index (χ0n) is 32.4. The van der Waals surface area contributed by atoms with Crippen molar-refractivity contribution in [3.05, 3.63) is 217 Å². The topological polar surface area (TPSA) is 21.9 Å². The molecule has 11 aromatic rings. The van der Waals surface area contributed by atoms with Crippen LogP contribution in [0, 0.1) is 0 Å². The van der Waals surface area contributed by atoms with Crippen molar-refractivity contribution in [2.45, 2.75) is 12.3 Å². The highest BCUT2D eigenvalue weighted by atomic mass is 15.0. The van der Waals surface area contributed by atoms with Gasteiger partial charge >= 0.3 is 0 Å². The first kappa shape index (κ1) is 32.5. The molecule has 9 aromatic carbocycles. The number of hydrogen-bond acceptors (Lipinski definition) is 1. The Hall–Kier alpha value is -7.62. The molecule has 0 saturated heterocycles. The number of benzene rings is 9. The van der Waals surface area contributed by atoms with Crippen LogP contribution in [0.4, 0.5) is 11.4 Å². The van der Waals surface area contributed by atoms with Crippen molar-refractivity contribution in [1.29, 1.82) is 0 Å². The Kier molecular flexibility index (Phi) is 6.58. The van der Waals surface area contributed by atoms with Gasteiger partial charge in [0.1, 0.15) is 0 Å². The van der Waals surface area contributed by atoms with E-state index in [9.17, 15) is 0 Å². The second-order valence-corrected chi connectivity index (χ2v) is 16.3. The number of aromatic nitrogens is 2. The lowest BCUT2D eigenvalue weighted by Gasteiger charge is -2.31. The summed E-state index contributed by atoms with van der Waals surface area (Å²) in [5.74, 6) is 0. The van der Waals surface area contributed by atoms with Crippen LogP contribution in [0.1, 0.15) is 23.6 Å². The van der Waals surface area contributed by atoms with E-state index in [0.717, 1.165) is 17.1 Å². The van der Waals surface area contributed by atoms with Crippen LogP contribution in [-0.2, 0) is 5.41 Å². The SMILES string of the molecule is CC1(c2ccc(-c3ccccc3)cc2)c2ccc3c4ccccc4n4c3c2-c2c(ccc(Nc3ccc5c6ccccc6n(-c6ccccc6)c5c3)c21)-c1ccccc1-4. The first-order valence-corrected chi connectivity index (χ1v) is 20.5. The van der Waals surface area contributed by atoms with Gasteiger partial charge in [-0.2, -0.15) is 0 Å². The maximum Gasteiger partial charge on any atom is 0.0623 e. The molecule has 1 N–H and O–H groups in total. The molecule has 1 aliphatic carbocycles. The van der Waals surface area contributed by atoms with Crippen LogP contribution in [0.3, 0.4) is 0 Å². The molecule has 3 nitrogen and oxygen atoms in total. The highest BCUT2D eigenvalue weighted by molar-refractivity contribution is 6.19. The number of rotatable bonds is 5. The van der Waals surface area contributed by atoms with E-state index in [1.165, 1.54) is 99.4 Å². The number of fused-ring (bicyclic) bond motifs is 9. The van der Waals surface area contributed by atoms with Crippen LogP contribution in [-0.4, -0.2) is 9.13 Å². The second kappa shape index (κ2) is 12.0. The van der Waals surface area contributed by atoms with E-state index in [2.05, 4.69) is 222 Å². The molecule has 1 unspecified atom stereocenters. The monoisotopic (exact) mass is 751 g/mol. The number of hydrogen-bond donors (Lipinski definition) is 1.